The molecule has 0 saturated carbocycles. The molecule has 23 heavy (non-hydrogen) atoms. The van der Waals surface area contributed by atoms with Crippen molar-refractivity contribution < 1.29 is 17.9 Å². The first-order valence-electron chi connectivity index (χ1n) is 7.84. The third-order valence-electron chi connectivity index (χ3n) is 3.90. The molecule has 6 nitrogen and oxygen atoms in total. The zero-order valence-electron chi connectivity index (χ0n) is 13.6. The van der Waals surface area contributed by atoms with Gasteiger partial charge in [-0.2, -0.15) is 4.31 Å². The Balaban J connectivity index is 2.09. The number of para-hydroxylation sites is 1. The highest BCUT2D eigenvalue weighted by atomic mass is 32.2. The summed E-state index contributed by atoms with van der Waals surface area (Å²) >= 11 is 0. The molecule has 1 amide bonds. The van der Waals surface area contributed by atoms with E-state index in [1.165, 1.54) is 4.31 Å². The molecule has 1 saturated heterocycles. The minimum Gasteiger partial charge on any atom is -0.377 e. The first kappa shape index (κ1) is 17.9. The highest BCUT2D eigenvalue weighted by Crippen LogP contribution is 2.17. The Kier molecular flexibility index (Phi) is 6.15. The molecule has 1 aromatic rings. The minimum atomic E-state index is -3.47. The van der Waals surface area contributed by atoms with Gasteiger partial charge in [0.1, 0.15) is 0 Å². The number of ether oxygens (including phenoxy) is 1. The molecule has 2 rings (SSSR count). The minimum absolute atomic E-state index is 0.121. The number of benzene rings is 1. The Bertz CT molecular complexity index is 612. The lowest BCUT2D eigenvalue weighted by Crippen LogP contribution is -2.45. The van der Waals surface area contributed by atoms with E-state index in [-0.39, 0.29) is 25.1 Å². The molecule has 1 fully saturated rings. The van der Waals surface area contributed by atoms with Crippen LogP contribution in [0.4, 0.5) is 5.69 Å². The summed E-state index contributed by atoms with van der Waals surface area (Å²) in [5.74, 6) is -0.234. The molecule has 0 aliphatic carbocycles. The van der Waals surface area contributed by atoms with Crippen molar-refractivity contribution in [2.45, 2.75) is 25.9 Å². The van der Waals surface area contributed by atoms with Gasteiger partial charge in [-0.15, -0.1) is 0 Å². The van der Waals surface area contributed by atoms with Gasteiger partial charge in [-0.25, -0.2) is 8.42 Å². The molecule has 1 atom stereocenters. The molecule has 128 valence electrons. The molecule has 1 aromatic carbocycles. The summed E-state index contributed by atoms with van der Waals surface area (Å²) in [6.45, 7) is 3.08. The second-order valence-corrected chi connectivity index (χ2v) is 7.65. The molecule has 1 aliphatic heterocycles. The fraction of sp³-hybridized carbons (Fsp3) is 0.562. The molecule has 0 bridgehead atoms. The number of sulfonamides is 1. The molecule has 1 heterocycles. The van der Waals surface area contributed by atoms with Gasteiger partial charge in [-0.05, 0) is 31.9 Å². The van der Waals surface area contributed by atoms with E-state index < -0.39 is 10.0 Å². The van der Waals surface area contributed by atoms with Crippen molar-refractivity contribution in [1.29, 1.82) is 0 Å². The maximum atomic E-state index is 12.6. The molecule has 1 aliphatic rings. The van der Waals surface area contributed by atoms with Gasteiger partial charge in [0, 0.05) is 25.4 Å². The van der Waals surface area contributed by atoms with Gasteiger partial charge < -0.3 is 9.64 Å². The third kappa shape index (κ3) is 5.02. The van der Waals surface area contributed by atoms with Crippen molar-refractivity contribution in [2.24, 2.45) is 0 Å². The lowest BCUT2D eigenvalue weighted by atomic mass is 10.2. The number of nitrogens with zero attached hydrogens (tertiary/aromatic N) is 2. The van der Waals surface area contributed by atoms with Crippen LogP contribution >= 0.6 is 0 Å². The van der Waals surface area contributed by atoms with Crippen LogP contribution in [-0.2, 0) is 19.6 Å². The number of hydrogen-bond acceptors (Lipinski definition) is 4. The predicted octanol–water partition coefficient (Wildman–Crippen LogP) is 1.48. The summed E-state index contributed by atoms with van der Waals surface area (Å²) in [5.41, 5.74) is 0.769. The van der Waals surface area contributed by atoms with Crippen molar-refractivity contribution in [3.8, 4) is 0 Å². The van der Waals surface area contributed by atoms with E-state index in [9.17, 15) is 13.2 Å². The highest BCUT2D eigenvalue weighted by molar-refractivity contribution is 7.88. The van der Waals surface area contributed by atoms with Crippen molar-refractivity contribution in [1.82, 2.24) is 4.31 Å². The average molecular weight is 340 g/mol. The van der Waals surface area contributed by atoms with Crippen LogP contribution < -0.4 is 4.90 Å². The van der Waals surface area contributed by atoms with E-state index in [1.54, 1.807) is 4.90 Å². The summed E-state index contributed by atoms with van der Waals surface area (Å²) in [7, 11) is -3.47. The van der Waals surface area contributed by atoms with Crippen LogP contribution in [0, 0.1) is 0 Å². The monoisotopic (exact) mass is 340 g/mol. The van der Waals surface area contributed by atoms with Gasteiger partial charge in [-0.3, -0.25) is 4.79 Å². The van der Waals surface area contributed by atoms with E-state index >= 15 is 0 Å². The maximum absolute atomic E-state index is 12.6. The van der Waals surface area contributed by atoms with Gasteiger partial charge in [0.2, 0.25) is 15.9 Å². The molecule has 7 heteroatoms. The number of likely N-dealkylation sites (N-methyl/N-ethyl adjacent to an activating group) is 1. The largest absolute Gasteiger partial charge is 0.377 e. The van der Waals surface area contributed by atoms with Crippen LogP contribution in [-0.4, -0.2) is 57.2 Å². The Morgan fingerprint density at radius 3 is 2.52 bits per heavy atom. The van der Waals surface area contributed by atoms with E-state index in [0.717, 1.165) is 24.8 Å². The quantitative estimate of drug-likeness (QED) is 0.754. The molecule has 0 radical (unpaired) electrons. The van der Waals surface area contributed by atoms with E-state index in [1.807, 2.05) is 37.3 Å². The summed E-state index contributed by atoms with van der Waals surface area (Å²) in [6, 6.07) is 9.26. The van der Waals surface area contributed by atoms with Crippen molar-refractivity contribution in [3.63, 3.8) is 0 Å². The molecular formula is C16H24N2O4S. The Morgan fingerprint density at radius 2 is 2.00 bits per heavy atom. The Labute approximate surface area is 138 Å². The molecule has 0 aromatic heterocycles. The van der Waals surface area contributed by atoms with Crippen molar-refractivity contribution in [2.75, 3.05) is 37.4 Å². The number of hydrogen-bond donors (Lipinski definition) is 0. The van der Waals surface area contributed by atoms with E-state index in [0.29, 0.717) is 13.2 Å². The molecular weight excluding hydrogens is 316 g/mol. The molecule has 0 N–H and O–H groups in total. The number of amides is 1. The number of carbonyl (C=O) groups is 1. The molecule has 0 spiro atoms. The second-order valence-electron chi connectivity index (χ2n) is 5.66. The highest BCUT2D eigenvalue weighted by Gasteiger charge is 2.28. The summed E-state index contributed by atoms with van der Waals surface area (Å²) in [4.78, 5) is 14.2. The first-order valence-corrected chi connectivity index (χ1v) is 9.68. The first-order chi connectivity index (χ1) is 10.9. The summed E-state index contributed by atoms with van der Waals surface area (Å²) in [5, 5.41) is 0. The number of anilines is 1. The lowest BCUT2D eigenvalue weighted by Gasteiger charge is -2.27. The number of carbonyl (C=O) groups excluding carboxylic acids is 1. The van der Waals surface area contributed by atoms with Crippen molar-refractivity contribution in [3.05, 3.63) is 30.3 Å². The smallest absolute Gasteiger partial charge is 0.242 e. The third-order valence-corrected chi connectivity index (χ3v) is 5.11. The predicted molar refractivity (Wildman–Crippen MR) is 89.9 cm³/mol. The van der Waals surface area contributed by atoms with Crippen LogP contribution in [0.2, 0.25) is 0 Å². The van der Waals surface area contributed by atoms with Crippen LogP contribution in [0.15, 0.2) is 30.3 Å². The van der Waals surface area contributed by atoms with Gasteiger partial charge in [0.25, 0.3) is 0 Å². The standard InChI is InChI=1S/C16H24N2O4S/c1-3-18(14-8-5-4-6-9-14)16(19)13-17(23(2,20)21)12-15-10-7-11-22-15/h4-6,8-9,15H,3,7,10-13H2,1-2H3. The van der Waals surface area contributed by atoms with Gasteiger partial charge in [0.05, 0.1) is 18.9 Å². The zero-order chi connectivity index (χ0) is 16.9. The second kappa shape index (κ2) is 7.90. The SMILES string of the molecule is CCN(C(=O)CN(CC1CCCO1)S(C)(=O)=O)c1ccccc1. The van der Waals surface area contributed by atoms with Crippen LogP contribution in [0.25, 0.3) is 0 Å². The summed E-state index contributed by atoms with van der Waals surface area (Å²) in [6.07, 6.45) is 2.77. The maximum Gasteiger partial charge on any atom is 0.242 e. The van der Waals surface area contributed by atoms with Gasteiger partial charge in [0.15, 0.2) is 0 Å². The Hall–Kier alpha value is -1.44. The van der Waals surface area contributed by atoms with Crippen molar-refractivity contribution >= 4 is 21.6 Å². The lowest BCUT2D eigenvalue weighted by molar-refractivity contribution is -0.119. The Morgan fingerprint density at radius 1 is 1.30 bits per heavy atom. The normalized spacial score (nSPS) is 18.3. The fourth-order valence-electron chi connectivity index (χ4n) is 2.68. The zero-order valence-corrected chi connectivity index (χ0v) is 14.5. The topological polar surface area (TPSA) is 66.9 Å². The van der Waals surface area contributed by atoms with Crippen LogP contribution in [0.3, 0.4) is 0 Å². The van der Waals surface area contributed by atoms with Gasteiger partial charge >= 0.3 is 0 Å². The van der Waals surface area contributed by atoms with E-state index in [2.05, 4.69) is 0 Å². The number of rotatable bonds is 7. The fourth-order valence-corrected chi connectivity index (χ4v) is 3.46. The van der Waals surface area contributed by atoms with Crippen LogP contribution in [0.5, 0.6) is 0 Å². The summed E-state index contributed by atoms with van der Waals surface area (Å²) < 4.78 is 30.7. The van der Waals surface area contributed by atoms with Crippen LogP contribution in [0.1, 0.15) is 19.8 Å². The average Bonchev–Trinajstić information content (AvgIpc) is 3.00. The molecule has 1 unspecified atom stereocenters. The van der Waals surface area contributed by atoms with E-state index in [4.69, 9.17) is 4.74 Å². The van der Waals surface area contributed by atoms with Gasteiger partial charge in [-0.1, -0.05) is 18.2 Å².